The summed E-state index contributed by atoms with van der Waals surface area (Å²) in [6.07, 6.45) is -3.78. The lowest BCUT2D eigenvalue weighted by Gasteiger charge is -2.16. The maximum Gasteiger partial charge on any atom is 0.471 e. The minimum Gasteiger partial charge on any atom is -0.337 e. The number of benzene rings is 2. The highest BCUT2D eigenvalue weighted by atomic mass is 32.2. The van der Waals surface area contributed by atoms with E-state index in [1.807, 2.05) is 47.4 Å². The number of hydrogen-bond donors (Lipinski definition) is 0. The van der Waals surface area contributed by atoms with Crippen LogP contribution >= 0.6 is 11.8 Å². The van der Waals surface area contributed by atoms with Gasteiger partial charge in [0.1, 0.15) is 0 Å². The highest BCUT2D eigenvalue weighted by Crippen LogP contribution is 2.33. The number of nitrogens with zero attached hydrogens (tertiary/aromatic N) is 3. The van der Waals surface area contributed by atoms with Crippen molar-refractivity contribution in [1.29, 1.82) is 0 Å². The van der Waals surface area contributed by atoms with Crippen molar-refractivity contribution in [3.05, 3.63) is 66.1 Å². The molecule has 2 aromatic carbocycles. The molecule has 5 nitrogen and oxygen atoms in total. The van der Waals surface area contributed by atoms with E-state index in [0.29, 0.717) is 24.2 Å². The van der Waals surface area contributed by atoms with E-state index in [1.165, 1.54) is 0 Å². The van der Waals surface area contributed by atoms with Gasteiger partial charge in [0.2, 0.25) is 5.82 Å². The summed E-state index contributed by atoms with van der Waals surface area (Å²) in [7, 11) is 0. The lowest BCUT2D eigenvalue weighted by molar-refractivity contribution is -0.159. The molecule has 1 saturated heterocycles. The SMILES string of the molecule is O=C(c1ccccc1)N1CC[C@H](Sc2ccc(-c3noc(C(F)(F)F)n3)cc2)C1. The molecule has 0 spiro atoms. The summed E-state index contributed by atoms with van der Waals surface area (Å²) >= 11 is 1.64. The Bertz CT molecular complexity index is 990. The largest absolute Gasteiger partial charge is 0.471 e. The number of hydrogen-bond acceptors (Lipinski definition) is 5. The zero-order chi connectivity index (χ0) is 20.4. The van der Waals surface area contributed by atoms with Crippen LogP contribution in [0.4, 0.5) is 13.2 Å². The summed E-state index contributed by atoms with van der Waals surface area (Å²) in [6, 6.07) is 16.1. The third kappa shape index (κ3) is 4.45. The van der Waals surface area contributed by atoms with Crippen LogP contribution in [0, 0.1) is 0 Å². The molecule has 1 aliphatic heterocycles. The van der Waals surface area contributed by atoms with Gasteiger partial charge in [0.25, 0.3) is 5.91 Å². The molecule has 1 aliphatic rings. The second-order valence-corrected chi connectivity index (χ2v) is 7.96. The second kappa shape index (κ2) is 7.90. The Kier molecular flexibility index (Phi) is 5.31. The zero-order valence-electron chi connectivity index (χ0n) is 15.1. The van der Waals surface area contributed by atoms with Gasteiger partial charge in [-0.2, -0.15) is 18.2 Å². The first kappa shape index (κ1) is 19.5. The van der Waals surface area contributed by atoms with Gasteiger partial charge in [-0.3, -0.25) is 4.79 Å². The Labute approximate surface area is 168 Å². The molecule has 3 aromatic rings. The Balaban J connectivity index is 1.37. The number of amides is 1. The van der Waals surface area contributed by atoms with Gasteiger partial charge in [-0.1, -0.05) is 23.4 Å². The number of likely N-dealkylation sites (tertiary alicyclic amines) is 1. The summed E-state index contributed by atoms with van der Waals surface area (Å²) in [5.74, 6) is -1.43. The predicted octanol–water partition coefficient (Wildman–Crippen LogP) is 4.76. The predicted molar refractivity (Wildman–Crippen MR) is 101 cm³/mol. The molecule has 1 amide bonds. The number of thioether (sulfide) groups is 1. The Hall–Kier alpha value is -2.81. The molecule has 29 heavy (non-hydrogen) atoms. The molecule has 0 radical (unpaired) electrons. The molecule has 9 heteroatoms. The Morgan fingerprint density at radius 1 is 1.10 bits per heavy atom. The van der Waals surface area contributed by atoms with Crippen molar-refractivity contribution in [2.45, 2.75) is 22.7 Å². The van der Waals surface area contributed by atoms with Crippen LogP contribution in [-0.2, 0) is 6.18 Å². The quantitative estimate of drug-likeness (QED) is 0.610. The highest BCUT2D eigenvalue weighted by molar-refractivity contribution is 8.00. The van der Waals surface area contributed by atoms with Gasteiger partial charge in [-0.25, -0.2) is 0 Å². The van der Waals surface area contributed by atoms with E-state index < -0.39 is 12.1 Å². The average molecular weight is 419 g/mol. The number of carbonyl (C=O) groups is 1. The number of alkyl halides is 3. The fourth-order valence-electron chi connectivity index (χ4n) is 3.10. The van der Waals surface area contributed by atoms with Gasteiger partial charge in [-0.05, 0) is 42.8 Å². The first-order valence-electron chi connectivity index (χ1n) is 8.92. The average Bonchev–Trinajstić information content (AvgIpc) is 3.38. The molecule has 0 N–H and O–H groups in total. The number of aromatic nitrogens is 2. The van der Waals surface area contributed by atoms with Crippen molar-refractivity contribution in [3.8, 4) is 11.4 Å². The molecule has 0 saturated carbocycles. The molecule has 0 unspecified atom stereocenters. The van der Waals surface area contributed by atoms with Crippen LogP contribution < -0.4 is 0 Å². The van der Waals surface area contributed by atoms with E-state index >= 15 is 0 Å². The molecule has 0 bridgehead atoms. The van der Waals surface area contributed by atoms with Crippen molar-refractivity contribution in [2.24, 2.45) is 0 Å². The molecular formula is C20H16F3N3O2S. The molecule has 1 aromatic heterocycles. The molecule has 4 rings (SSSR count). The second-order valence-electron chi connectivity index (χ2n) is 6.59. The van der Waals surface area contributed by atoms with Crippen LogP contribution in [-0.4, -0.2) is 39.3 Å². The van der Waals surface area contributed by atoms with E-state index in [2.05, 4.69) is 14.7 Å². The van der Waals surface area contributed by atoms with Crippen LogP contribution in [0.25, 0.3) is 11.4 Å². The smallest absolute Gasteiger partial charge is 0.337 e. The standard InChI is InChI=1S/C20H16F3N3O2S/c21-20(22,23)19-24-17(25-28-19)13-6-8-15(9-7-13)29-16-10-11-26(12-16)18(27)14-4-2-1-3-5-14/h1-9,16H,10-12H2/t16-/m0/s1. The van der Waals surface area contributed by atoms with E-state index in [4.69, 9.17) is 0 Å². The molecule has 150 valence electrons. The Morgan fingerprint density at radius 3 is 2.48 bits per heavy atom. The number of halogens is 3. The van der Waals surface area contributed by atoms with Gasteiger partial charge in [0.05, 0.1) is 0 Å². The van der Waals surface area contributed by atoms with E-state index in [0.717, 1.165) is 11.3 Å². The normalized spacial score (nSPS) is 16.9. The first-order chi connectivity index (χ1) is 13.9. The summed E-state index contributed by atoms with van der Waals surface area (Å²) in [5.41, 5.74) is 1.13. The Morgan fingerprint density at radius 2 is 1.83 bits per heavy atom. The van der Waals surface area contributed by atoms with Crippen molar-refractivity contribution in [1.82, 2.24) is 15.0 Å². The van der Waals surface area contributed by atoms with Gasteiger partial charge >= 0.3 is 12.1 Å². The van der Waals surface area contributed by atoms with Crippen molar-refractivity contribution in [3.63, 3.8) is 0 Å². The van der Waals surface area contributed by atoms with E-state index in [-0.39, 0.29) is 17.0 Å². The fourth-order valence-corrected chi connectivity index (χ4v) is 4.26. The highest BCUT2D eigenvalue weighted by Gasteiger charge is 2.38. The minimum atomic E-state index is -4.66. The van der Waals surface area contributed by atoms with Crippen molar-refractivity contribution in [2.75, 3.05) is 13.1 Å². The van der Waals surface area contributed by atoms with Crippen molar-refractivity contribution < 1.29 is 22.5 Å². The topological polar surface area (TPSA) is 59.2 Å². The molecule has 0 aliphatic carbocycles. The lowest BCUT2D eigenvalue weighted by Crippen LogP contribution is -2.28. The van der Waals surface area contributed by atoms with Crippen LogP contribution in [0.3, 0.4) is 0 Å². The summed E-state index contributed by atoms with van der Waals surface area (Å²) in [4.78, 5) is 18.7. The molecular weight excluding hydrogens is 403 g/mol. The molecule has 1 fully saturated rings. The van der Waals surface area contributed by atoms with Crippen LogP contribution in [0.15, 0.2) is 64.0 Å². The maximum atomic E-state index is 12.6. The summed E-state index contributed by atoms with van der Waals surface area (Å²) < 4.78 is 42.0. The number of rotatable bonds is 4. The number of carbonyl (C=O) groups excluding carboxylic acids is 1. The fraction of sp³-hybridized carbons (Fsp3) is 0.250. The summed E-state index contributed by atoms with van der Waals surface area (Å²) in [6.45, 7) is 1.35. The zero-order valence-corrected chi connectivity index (χ0v) is 15.9. The maximum absolute atomic E-state index is 12.6. The lowest BCUT2D eigenvalue weighted by atomic mass is 10.2. The van der Waals surface area contributed by atoms with E-state index in [9.17, 15) is 18.0 Å². The van der Waals surface area contributed by atoms with Gasteiger partial charge in [-0.15, -0.1) is 11.8 Å². The monoisotopic (exact) mass is 419 g/mol. The first-order valence-corrected chi connectivity index (χ1v) is 9.80. The van der Waals surface area contributed by atoms with Crippen LogP contribution in [0.5, 0.6) is 0 Å². The minimum absolute atomic E-state index is 0.0293. The molecule has 1 atom stereocenters. The third-order valence-corrected chi connectivity index (χ3v) is 5.80. The van der Waals surface area contributed by atoms with Crippen LogP contribution in [0.1, 0.15) is 22.7 Å². The van der Waals surface area contributed by atoms with Gasteiger partial charge < -0.3 is 9.42 Å². The van der Waals surface area contributed by atoms with Crippen LogP contribution in [0.2, 0.25) is 0 Å². The van der Waals surface area contributed by atoms with Gasteiger partial charge in [0, 0.05) is 34.4 Å². The van der Waals surface area contributed by atoms with Gasteiger partial charge in [0.15, 0.2) is 0 Å². The van der Waals surface area contributed by atoms with E-state index in [1.54, 1.807) is 23.9 Å². The summed E-state index contributed by atoms with van der Waals surface area (Å²) in [5, 5.41) is 3.65. The molecule has 2 heterocycles. The van der Waals surface area contributed by atoms with Crippen molar-refractivity contribution >= 4 is 17.7 Å². The third-order valence-electron chi connectivity index (χ3n) is 4.54.